The predicted molar refractivity (Wildman–Crippen MR) is 123 cm³/mol. The molecule has 2 aromatic carbocycles. The van der Waals surface area contributed by atoms with Gasteiger partial charge in [-0.15, -0.1) is 0 Å². The SMILES string of the molecule is COC(=O)COc1ccc(C(=O)NCc2ccc(OCc3ccncc3)c(OC)c2)cc1OC. The van der Waals surface area contributed by atoms with Crippen LogP contribution in [0, 0.1) is 0 Å². The lowest BCUT2D eigenvalue weighted by Crippen LogP contribution is -2.23. The Morgan fingerprint density at radius 2 is 1.47 bits per heavy atom. The maximum absolute atomic E-state index is 12.6. The summed E-state index contributed by atoms with van der Waals surface area (Å²) in [6.45, 7) is 0.404. The molecular formula is C25H26N2O7. The van der Waals surface area contributed by atoms with Crippen molar-refractivity contribution in [1.29, 1.82) is 0 Å². The highest BCUT2D eigenvalue weighted by atomic mass is 16.6. The van der Waals surface area contributed by atoms with Crippen LogP contribution in [0.2, 0.25) is 0 Å². The third-order valence-electron chi connectivity index (χ3n) is 4.82. The molecule has 1 amide bonds. The van der Waals surface area contributed by atoms with Gasteiger partial charge >= 0.3 is 5.97 Å². The lowest BCUT2D eigenvalue weighted by molar-refractivity contribution is -0.142. The average molecular weight is 466 g/mol. The van der Waals surface area contributed by atoms with Crippen molar-refractivity contribution in [2.75, 3.05) is 27.9 Å². The van der Waals surface area contributed by atoms with Crippen LogP contribution in [0.5, 0.6) is 23.0 Å². The van der Waals surface area contributed by atoms with Crippen LogP contribution in [0.15, 0.2) is 60.9 Å². The summed E-state index contributed by atoms with van der Waals surface area (Å²) in [7, 11) is 4.29. The molecule has 178 valence electrons. The first kappa shape index (κ1) is 24.4. The van der Waals surface area contributed by atoms with E-state index in [1.165, 1.54) is 14.2 Å². The minimum Gasteiger partial charge on any atom is -0.493 e. The molecule has 1 heterocycles. The molecule has 9 heteroatoms. The van der Waals surface area contributed by atoms with Crippen molar-refractivity contribution in [2.45, 2.75) is 13.2 Å². The number of pyridine rings is 1. The first-order valence-corrected chi connectivity index (χ1v) is 10.4. The number of hydrogen-bond donors (Lipinski definition) is 1. The predicted octanol–water partition coefficient (Wildman–Crippen LogP) is 3.16. The van der Waals surface area contributed by atoms with Gasteiger partial charge in [-0.1, -0.05) is 6.07 Å². The highest BCUT2D eigenvalue weighted by molar-refractivity contribution is 5.94. The number of esters is 1. The maximum atomic E-state index is 12.6. The fraction of sp³-hybridized carbons (Fsp3) is 0.240. The summed E-state index contributed by atoms with van der Waals surface area (Å²) in [5.74, 6) is 1.00. The number of benzene rings is 2. The van der Waals surface area contributed by atoms with Gasteiger partial charge in [0.05, 0.1) is 21.3 Å². The van der Waals surface area contributed by atoms with Crippen molar-refractivity contribution >= 4 is 11.9 Å². The van der Waals surface area contributed by atoms with Gasteiger partial charge in [-0.2, -0.15) is 0 Å². The molecule has 0 aliphatic heterocycles. The van der Waals surface area contributed by atoms with Gasteiger partial charge in [-0.05, 0) is 53.6 Å². The Balaban J connectivity index is 1.60. The van der Waals surface area contributed by atoms with Crippen molar-refractivity contribution in [3.05, 3.63) is 77.6 Å². The zero-order valence-electron chi connectivity index (χ0n) is 19.2. The van der Waals surface area contributed by atoms with E-state index < -0.39 is 5.97 Å². The molecule has 1 aromatic heterocycles. The largest absolute Gasteiger partial charge is 0.493 e. The van der Waals surface area contributed by atoms with Crippen LogP contribution in [-0.4, -0.2) is 44.8 Å². The van der Waals surface area contributed by atoms with Crippen LogP contribution in [0.4, 0.5) is 0 Å². The summed E-state index contributed by atoms with van der Waals surface area (Å²) in [5.41, 5.74) is 2.21. The van der Waals surface area contributed by atoms with E-state index in [4.69, 9.17) is 18.9 Å². The van der Waals surface area contributed by atoms with E-state index in [2.05, 4.69) is 15.0 Å². The minimum absolute atomic E-state index is 0.261. The lowest BCUT2D eigenvalue weighted by Gasteiger charge is -2.13. The van der Waals surface area contributed by atoms with Crippen molar-refractivity contribution in [2.24, 2.45) is 0 Å². The molecule has 0 saturated carbocycles. The summed E-state index contributed by atoms with van der Waals surface area (Å²) < 4.78 is 26.5. The van der Waals surface area contributed by atoms with Gasteiger partial charge in [0.2, 0.25) is 0 Å². The third-order valence-corrected chi connectivity index (χ3v) is 4.82. The molecule has 0 fully saturated rings. The summed E-state index contributed by atoms with van der Waals surface area (Å²) in [6.07, 6.45) is 3.42. The molecule has 1 N–H and O–H groups in total. The fourth-order valence-electron chi connectivity index (χ4n) is 2.99. The van der Waals surface area contributed by atoms with E-state index in [9.17, 15) is 9.59 Å². The standard InChI is InChI=1S/C25H26N2O7/c1-30-22-12-18(4-6-20(22)33-15-17-8-10-26-11-9-17)14-27-25(29)19-5-7-21(23(13-19)31-2)34-16-24(28)32-3/h4-13H,14-16H2,1-3H3,(H,27,29). The van der Waals surface area contributed by atoms with Crippen LogP contribution < -0.4 is 24.3 Å². The molecule has 3 rings (SSSR count). The molecule has 3 aromatic rings. The molecule has 0 aliphatic rings. The Bertz CT molecular complexity index is 1120. The van der Waals surface area contributed by atoms with E-state index >= 15 is 0 Å². The molecule has 0 saturated heterocycles. The number of aromatic nitrogens is 1. The van der Waals surface area contributed by atoms with E-state index in [1.54, 1.807) is 43.8 Å². The number of methoxy groups -OCH3 is 3. The van der Waals surface area contributed by atoms with Gasteiger partial charge in [-0.25, -0.2) is 4.79 Å². The Hall–Kier alpha value is -4.27. The van der Waals surface area contributed by atoms with E-state index in [0.717, 1.165) is 11.1 Å². The average Bonchev–Trinajstić information content (AvgIpc) is 2.89. The molecule has 0 atom stereocenters. The highest BCUT2D eigenvalue weighted by Crippen LogP contribution is 2.30. The molecule has 0 unspecified atom stereocenters. The number of nitrogens with zero attached hydrogens (tertiary/aromatic N) is 1. The summed E-state index contributed by atoms with van der Waals surface area (Å²) in [4.78, 5) is 27.9. The van der Waals surface area contributed by atoms with Gasteiger partial charge < -0.3 is 29.0 Å². The number of nitrogens with one attached hydrogen (secondary N) is 1. The third kappa shape index (κ3) is 6.61. The van der Waals surface area contributed by atoms with E-state index in [1.807, 2.05) is 24.3 Å². The van der Waals surface area contributed by atoms with Gasteiger partial charge in [0.1, 0.15) is 6.61 Å². The van der Waals surface area contributed by atoms with Crippen molar-refractivity contribution in [3.8, 4) is 23.0 Å². The van der Waals surface area contributed by atoms with Gasteiger partial charge in [0.25, 0.3) is 5.91 Å². The van der Waals surface area contributed by atoms with Crippen molar-refractivity contribution in [3.63, 3.8) is 0 Å². The number of hydrogen-bond acceptors (Lipinski definition) is 8. The zero-order valence-corrected chi connectivity index (χ0v) is 19.2. The molecular weight excluding hydrogens is 440 g/mol. The van der Waals surface area contributed by atoms with E-state index in [-0.39, 0.29) is 19.1 Å². The summed E-state index contributed by atoms with van der Waals surface area (Å²) in [5, 5.41) is 2.86. The zero-order chi connectivity index (χ0) is 24.3. The van der Waals surface area contributed by atoms with Crippen molar-refractivity contribution < 1.29 is 33.3 Å². The first-order chi connectivity index (χ1) is 16.5. The maximum Gasteiger partial charge on any atom is 0.343 e. The summed E-state index contributed by atoms with van der Waals surface area (Å²) >= 11 is 0. The number of rotatable bonds is 11. The number of amides is 1. The van der Waals surface area contributed by atoms with Crippen LogP contribution >= 0.6 is 0 Å². The number of carbonyl (C=O) groups excluding carboxylic acids is 2. The Labute approximate surface area is 197 Å². The second-order valence-electron chi connectivity index (χ2n) is 7.04. The first-order valence-electron chi connectivity index (χ1n) is 10.4. The van der Waals surface area contributed by atoms with Gasteiger partial charge in [-0.3, -0.25) is 9.78 Å². The summed E-state index contributed by atoms with van der Waals surface area (Å²) in [6, 6.07) is 13.9. The second-order valence-corrected chi connectivity index (χ2v) is 7.04. The smallest absolute Gasteiger partial charge is 0.343 e. The van der Waals surface area contributed by atoms with Gasteiger partial charge in [0.15, 0.2) is 29.6 Å². The van der Waals surface area contributed by atoms with Crippen LogP contribution in [0.1, 0.15) is 21.5 Å². The minimum atomic E-state index is -0.520. The molecule has 0 radical (unpaired) electrons. The van der Waals surface area contributed by atoms with Crippen LogP contribution in [0.25, 0.3) is 0 Å². The topological polar surface area (TPSA) is 105 Å². The highest BCUT2D eigenvalue weighted by Gasteiger charge is 2.13. The normalized spacial score (nSPS) is 10.2. The van der Waals surface area contributed by atoms with Crippen molar-refractivity contribution in [1.82, 2.24) is 10.3 Å². The molecule has 0 aliphatic carbocycles. The Morgan fingerprint density at radius 1 is 0.794 bits per heavy atom. The monoisotopic (exact) mass is 466 g/mol. The molecule has 34 heavy (non-hydrogen) atoms. The van der Waals surface area contributed by atoms with Crippen LogP contribution in [0.3, 0.4) is 0 Å². The van der Waals surface area contributed by atoms with E-state index in [0.29, 0.717) is 35.2 Å². The Kier molecular flexibility index (Phi) is 8.67. The number of carbonyl (C=O) groups is 2. The van der Waals surface area contributed by atoms with Crippen LogP contribution in [-0.2, 0) is 22.7 Å². The Morgan fingerprint density at radius 3 is 2.18 bits per heavy atom. The second kappa shape index (κ2) is 12.1. The lowest BCUT2D eigenvalue weighted by atomic mass is 10.1. The molecule has 0 spiro atoms. The molecule has 9 nitrogen and oxygen atoms in total. The quantitative estimate of drug-likeness (QED) is 0.430. The fourth-order valence-corrected chi connectivity index (χ4v) is 2.99. The molecule has 0 bridgehead atoms. The number of ether oxygens (including phenoxy) is 5. The van der Waals surface area contributed by atoms with Gasteiger partial charge in [0, 0.05) is 24.5 Å².